The van der Waals surface area contributed by atoms with Crippen molar-refractivity contribution in [2.45, 2.75) is 45.4 Å². The van der Waals surface area contributed by atoms with Crippen molar-refractivity contribution in [1.29, 1.82) is 0 Å². The zero-order chi connectivity index (χ0) is 13.6. The van der Waals surface area contributed by atoms with Crippen LogP contribution in [0, 0.1) is 11.8 Å². The molecule has 3 nitrogen and oxygen atoms in total. The first-order valence-electron chi connectivity index (χ1n) is 7.21. The molecule has 0 unspecified atom stereocenters. The average Bonchev–Trinajstić information content (AvgIpc) is 2.67. The fraction of sp³-hybridized carbons (Fsp3) is 0.562. The summed E-state index contributed by atoms with van der Waals surface area (Å²) in [5, 5.41) is 10.5. The van der Waals surface area contributed by atoms with Crippen molar-refractivity contribution in [2.75, 3.05) is 0 Å². The largest absolute Gasteiger partial charge is 0.369 e. The molecule has 4 atom stereocenters. The third-order valence-corrected chi connectivity index (χ3v) is 4.99. The van der Waals surface area contributed by atoms with Crippen LogP contribution in [-0.4, -0.2) is 22.0 Å². The summed E-state index contributed by atoms with van der Waals surface area (Å²) in [4.78, 5) is 14.2. The second kappa shape index (κ2) is 4.64. The van der Waals surface area contributed by atoms with Crippen LogP contribution in [-0.2, 0) is 0 Å². The molecule has 0 radical (unpaired) electrons. The van der Waals surface area contributed by atoms with Gasteiger partial charge in [-0.1, -0.05) is 44.9 Å². The Morgan fingerprint density at radius 2 is 1.95 bits per heavy atom. The molecule has 1 aromatic rings. The maximum absolute atomic E-state index is 12.5. The number of benzene rings is 1. The third kappa shape index (κ3) is 1.88. The molecule has 1 aliphatic carbocycles. The van der Waals surface area contributed by atoms with E-state index in [4.69, 9.17) is 0 Å². The standard InChI is InChI=1S/C16H21NO2/c1-10-6-5-9-14(11(10)2)17-15(18)12-7-3-4-8-13(12)16(17)19/h3-4,7-8,10-11,14-15,18H,5-6,9H2,1-2H3/t10-,11-,14-,15-/m1/s1. The van der Waals surface area contributed by atoms with Crippen molar-refractivity contribution >= 4 is 5.91 Å². The molecule has 1 N–H and O–H groups in total. The van der Waals surface area contributed by atoms with Gasteiger partial charge in [-0.3, -0.25) is 4.79 Å². The number of hydrogen-bond donors (Lipinski definition) is 1. The monoisotopic (exact) mass is 259 g/mol. The molecule has 1 amide bonds. The lowest BCUT2D eigenvalue weighted by molar-refractivity contribution is -0.0305. The fourth-order valence-corrected chi connectivity index (χ4v) is 3.60. The number of aliphatic hydroxyl groups is 1. The highest BCUT2D eigenvalue weighted by Gasteiger charge is 2.43. The predicted octanol–water partition coefficient (Wildman–Crippen LogP) is 2.96. The van der Waals surface area contributed by atoms with Crippen LogP contribution < -0.4 is 0 Å². The van der Waals surface area contributed by atoms with Gasteiger partial charge in [0.15, 0.2) is 6.23 Å². The zero-order valence-electron chi connectivity index (χ0n) is 11.5. The molecule has 102 valence electrons. The highest BCUT2D eigenvalue weighted by Crippen LogP contribution is 2.40. The van der Waals surface area contributed by atoms with Crippen molar-refractivity contribution in [1.82, 2.24) is 4.90 Å². The van der Waals surface area contributed by atoms with Crippen LogP contribution in [0.25, 0.3) is 0 Å². The molecular weight excluding hydrogens is 238 g/mol. The summed E-state index contributed by atoms with van der Waals surface area (Å²) >= 11 is 0. The Morgan fingerprint density at radius 3 is 2.68 bits per heavy atom. The van der Waals surface area contributed by atoms with Crippen LogP contribution in [0.3, 0.4) is 0 Å². The van der Waals surface area contributed by atoms with Crippen LogP contribution >= 0.6 is 0 Å². The van der Waals surface area contributed by atoms with E-state index in [1.807, 2.05) is 24.3 Å². The first kappa shape index (κ1) is 12.7. The van der Waals surface area contributed by atoms with E-state index in [-0.39, 0.29) is 11.9 Å². The normalized spacial score (nSPS) is 34.5. The topological polar surface area (TPSA) is 40.5 Å². The number of carbonyl (C=O) groups is 1. The summed E-state index contributed by atoms with van der Waals surface area (Å²) < 4.78 is 0. The number of aliphatic hydroxyl groups excluding tert-OH is 1. The van der Waals surface area contributed by atoms with Crippen LogP contribution in [0.15, 0.2) is 24.3 Å². The van der Waals surface area contributed by atoms with E-state index >= 15 is 0 Å². The SMILES string of the molecule is C[C@@H]1[C@H](C)CCC[C@H]1N1C(=O)c2ccccc2[C@H]1O. The van der Waals surface area contributed by atoms with E-state index in [2.05, 4.69) is 13.8 Å². The van der Waals surface area contributed by atoms with Gasteiger partial charge in [-0.15, -0.1) is 0 Å². The molecule has 0 spiro atoms. The summed E-state index contributed by atoms with van der Waals surface area (Å²) in [7, 11) is 0. The van der Waals surface area contributed by atoms with Crippen LogP contribution in [0.1, 0.15) is 55.3 Å². The minimum Gasteiger partial charge on any atom is -0.369 e. The first-order valence-corrected chi connectivity index (χ1v) is 7.21. The lowest BCUT2D eigenvalue weighted by atomic mass is 9.77. The Bertz CT molecular complexity index is 499. The van der Waals surface area contributed by atoms with E-state index in [0.29, 0.717) is 17.4 Å². The zero-order valence-corrected chi connectivity index (χ0v) is 11.5. The molecule has 1 heterocycles. The van der Waals surface area contributed by atoms with Crippen molar-refractivity contribution in [3.63, 3.8) is 0 Å². The molecule has 0 bridgehead atoms. The number of rotatable bonds is 1. The Balaban J connectivity index is 1.93. The Labute approximate surface area is 114 Å². The van der Waals surface area contributed by atoms with Gasteiger partial charge in [0.25, 0.3) is 5.91 Å². The highest BCUT2D eigenvalue weighted by atomic mass is 16.3. The molecule has 3 rings (SSSR count). The van der Waals surface area contributed by atoms with Crippen molar-refractivity contribution < 1.29 is 9.90 Å². The van der Waals surface area contributed by atoms with Gasteiger partial charge in [0, 0.05) is 17.2 Å². The van der Waals surface area contributed by atoms with Crippen molar-refractivity contribution in [2.24, 2.45) is 11.8 Å². The number of hydrogen-bond acceptors (Lipinski definition) is 2. The smallest absolute Gasteiger partial charge is 0.256 e. The van der Waals surface area contributed by atoms with Crippen LogP contribution in [0.4, 0.5) is 0 Å². The molecule has 19 heavy (non-hydrogen) atoms. The van der Waals surface area contributed by atoms with Crippen LogP contribution in [0.2, 0.25) is 0 Å². The molecule has 3 heteroatoms. The van der Waals surface area contributed by atoms with Gasteiger partial charge in [0.1, 0.15) is 0 Å². The molecule has 1 aromatic carbocycles. The average molecular weight is 259 g/mol. The van der Waals surface area contributed by atoms with E-state index in [1.165, 1.54) is 6.42 Å². The number of nitrogens with zero attached hydrogens (tertiary/aromatic N) is 1. The predicted molar refractivity (Wildman–Crippen MR) is 73.5 cm³/mol. The number of amides is 1. The van der Waals surface area contributed by atoms with Gasteiger partial charge in [-0.2, -0.15) is 0 Å². The number of carbonyl (C=O) groups excluding carboxylic acids is 1. The second-order valence-corrected chi connectivity index (χ2v) is 6.01. The third-order valence-electron chi connectivity index (χ3n) is 4.99. The Morgan fingerprint density at radius 1 is 1.21 bits per heavy atom. The van der Waals surface area contributed by atoms with Gasteiger partial charge in [-0.05, 0) is 24.3 Å². The lowest BCUT2D eigenvalue weighted by Crippen LogP contribution is -2.46. The van der Waals surface area contributed by atoms with Gasteiger partial charge < -0.3 is 10.0 Å². The minimum atomic E-state index is -0.763. The molecule has 0 aromatic heterocycles. The van der Waals surface area contributed by atoms with E-state index in [9.17, 15) is 9.90 Å². The van der Waals surface area contributed by atoms with Gasteiger partial charge in [-0.25, -0.2) is 0 Å². The Hall–Kier alpha value is -1.35. The van der Waals surface area contributed by atoms with E-state index in [0.717, 1.165) is 18.4 Å². The Kier molecular flexibility index (Phi) is 3.09. The van der Waals surface area contributed by atoms with E-state index < -0.39 is 6.23 Å². The number of fused-ring (bicyclic) bond motifs is 1. The molecule has 1 aliphatic heterocycles. The van der Waals surface area contributed by atoms with Crippen molar-refractivity contribution in [3.8, 4) is 0 Å². The first-order chi connectivity index (χ1) is 9.11. The molecule has 1 fully saturated rings. The van der Waals surface area contributed by atoms with Gasteiger partial charge in [0.05, 0.1) is 0 Å². The highest BCUT2D eigenvalue weighted by molar-refractivity contribution is 5.99. The second-order valence-electron chi connectivity index (χ2n) is 6.01. The molecule has 2 aliphatic rings. The minimum absolute atomic E-state index is 0.00551. The van der Waals surface area contributed by atoms with Crippen molar-refractivity contribution in [3.05, 3.63) is 35.4 Å². The summed E-state index contributed by atoms with van der Waals surface area (Å²) in [6.07, 6.45) is 2.61. The van der Waals surface area contributed by atoms with Gasteiger partial charge >= 0.3 is 0 Å². The summed E-state index contributed by atoms with van der Waals surface area (Å²) in [5.74, 6) is 1.05. The summed E-state index contributed by atoms with van der Waals surface area (Å²) in [6.45, 7) is 4.45. The van der Waals surface area contributed by atoms with Crippen LogP contribution in [0.5, 0.6) is 0 Å². The maximum atomic E-state index is 12.5. The fourth-order valence-electron chi connectivity index (χ4n) is 3.60. The molecular formula is C16H21NO2. The molecule has 1 saturated carbocycles. The quantitative estimate of drug-likeness (QED) is 0.842. The molecule has 0 saturated heterocycles. The van der Waals surface area contributed by atoms with E-state index in [1.54, 1.807) is 4.90 Å². The maximum Gasteiger partial charge on any atom is 0.256 e. The lowest BCUT2D eigenvalue weighted by Gasteiger charge is -2.41. The van der Waals surface area contributed by atoms with Gasteiger partial charge in [0.2, 0.25) is 0 Å². The summed E-state index contributed by atoms with van der Waals surface area (Å²) in [5.41, 5.74) is 1.43. The summed E-state index contributed by atoms with van der Waals surface area (Å²) in [6, 6.07) is 7.58.